The third kappa shape index (κ3) is 6.94. The Balaban J connectivity index is 2.69. The highest BCUT2D eigenvalue weighted by atomic mass is 16.6. The number of rotatable bonds is 9. The van der Waals surface area contributed by atoms with Crippen LogP contribution < -0.4 is 0 Å². The summed E-state index contributed by atoms with van der Waals surface area (Å²) in [5, 5.41) is 9.31. The molecule has 0 spiro atoms. The molecule has 0 amide bonds. The second kappa shape index (κ2) is 9.08. The number of Topliss-reactive ketones (excluding diaryl/α,β-unsaturated/α-hetero) is 1. The molecule has 0 fully saturated rings. The van der Waals surface area contributed by atoms with Gasteiger partial charge < -0.3 is 19.3 Å². The third-order valence-corrected chi connectivity index (χ3v) is 3.35. The van der Waals surface area contributed by atoms with Crippen LogP contribution >= 0.6 is 0 Å². The minimum Gasteiger partial charge on any atom is -0.459 e. The molecule has 1 aromatic rings. The van der Waals surface area contributed by atoms with E-state index in [4.69, 9.17) is 14.2 Å². The summed E-state index contributed by atoms with van der Waals surface area (Å²) in [7, 11) is 0. The monoisotopic (exact) mass is 352 g/mol. The summed E-state index contributed by atoms with van der Waals surface area (Å²) in [4.78, 5) is 24.5. The zero-order valence-corrected chi connectivity index (χ0v) is 15.7. The van der Waals surface area contributed by atoms with Crippen LogP contribution in [0.1, 0.15) is 62.3 Å². The number of ether oxygens (including phenoxy) is 3. The van der Waals surface area contributed by atoms with Crippen LogP contribution in [-0.4, -0.2) is 47.6 Å². The number of esters is 1. The lowest BCUT2D eigenvalue weighted by Crippen LogP contribution is -2.38. The largest absolute Gasteiger partial charge is 0.459 e. The number of benzene rings is 1. The summed E-state index contributed by atoms with van der Waals surface area (Å²) >= 11 is 0. The van der Waals surface area contributed by atoms with E-state index in [1.165, 1.54) is 19.1 Å². The Kier molecular flexibility index (Phi) is 7.73. The minimum atomic E-state index is -1.17. The number of aliphatic hydroxyl groups is 1. The van der Waals surface area contributed by atoms with Crippen LogP contribution in [0.2, 0.25) is 0 Å². The Morgan fingerprint density at radius 2 is 1.56 bits per heavy atom. The highest BCUT2D eigenvalue weighted by molar-refractivity contribution is 6.02. The Hall–Kier alpha value is -1.76. The first kappa shape index (κ1) is 21.3. The fourth-order valence-corrected chi connectivity index (χ4v) is 2.37. The lowest BCUT2D eigenvalue weighted by atomic mass is 9.95. The van der Waals surface area contributed by atoms with Crippen LogP contribution in [0.4, 0.5) is 0 Å². The molecule has 1 N–H and O–H groups in total. The van der Waals surface area contributed by atoms with Crippen molar-refractivity contribution in [1.29, 1.82) is 0 Å². The molecule has 1 aromatic carbocycles. The topological polar surface area (TPSA) is 82.1 Å². The van der Waals surface area contributed by atoms with Gasteiger partial charge in [0.2, 0.25) is 0 Å². The van der Waals surface area contributed by atoms with E-state index >= 15 is 0 Å². The van der Waals surface area contributed by atoms with Gasteiger partial charge in [-0.2, -0.15) is 0 Å². The van der Waals surface area contributed by atoms with Crippen molar-refractivity contribution in [3.8, 4) is 0 Å². The summed E-state index contributed by atoms with van der Waals surface area (Å²) in [5.74, 6) is -0.759. The van der Waals surface area contributed by atoms with Crippen LogP contribution in [0.3, 0.4) is 0 Å². The first-order valence-corrected chi connectivity index (χ1v) is 8.36. The van der Waals surface area contributed by atoms with Gasteiger partial charge in [-0.1, -0.05) is 12.1 Å². The van der Waals surface area contributed by atoms with Crippen LogP contribution in [-0.2, 0) is 14.2 Å². The molecule has 0 bridgehead atoms. The number of hydrogen-bond acceptors (Lipinski definition) is 6. The number of carbonyl (C=O) groups excluding carboxylic acids is 2. The second-order valence-corrected chi connectivity index (χ2v) is 6.73. The third-order valence-electron chi connectivity index (χ3n) is 3.35. The van der Waals surface area contributed by atoms with Gasteiger partial charge in [0.1, 0.15) is 12.2 Å². The second-order valence-electron chi connectivity index (χ2n) is 6.73. The standard InChI is InChI=1S/C19H28O6/c1-12(2)24-13(3)11-23-18(22)16-9-7-15(8-10-16)17(21)19(5,6)25-14(4)20/h7-10,12-14,20H,11H2,1-6H3. The molecule has 0 saturated heterocycles. The summed E-state index contributed by atoms with van der Waals surface area (Å²) in [6, 6.07) is 6.14. The van der Waals surface area contributed by atoms with Gasteiger partial charge in [-0.05, 0) is 53.7 Å². The van der Waals surface area contributed by atoms with Crippen LogP contribution in [0.15, 0.2) is 24.3 Å². The lowest BCUT2D eigenvalue weighted by molar-refractivity contribution is -0.143. The average molecular weight is 352 g/mol. The molecular formula is C19H28O6. The van der Waals surface area contributed by atoms with E-state index in [0.717, 1.165) is 0 Å². The lowest BCUT2D eigenvalue weighted by Gasteiger charge is -2.25. The van der Waals surface area contributed by atoms with Gasteiger partial charge in [0.05, 0.1) is 17.8 Å². The van der Waals surface area contributed by atoms with E-state index in [1.54, 1.807) is 26.0 Å². The van der Waals surface area contributed by atoms with Crippen molar-refractivity contribution < 1.29 is 28.9 Å². The Bertz CT molecular complexity index is 574. The summed E-state index contributed by atoms with van der Waals surface area (Å²) < 4.78 is 15.9. The zero-order chi connectivity index (χ0) is 19.2. The normalized spacial score (nSPS) is 14.2. The van der Waals surface area contributed by atoms with E-state index in [1.807, 2.05) is 20.8 Å². The summed E-state index contributed by atoms with van der Waals surface area (Å²) in [6.45, 7) is 10.4. The summed E-state index contributed by atoms with van der Waals surface area (Å²) in [6.07, 6.45) is -1.18. The molecule has 1 rings (SSSR count). The van der Waals surface area contributed by atoms with Crippen molar-refractivity contribution in [1.82, 2.24) is 0 Å². The highest BCUT2D eigenvalue weighted by Gasteiger charge is 2.31. The van der Waals surface area contributed by atoms with Gasteiger partial charge in [0.15, 0.2) is 12.1 Å². The first-order valence-electron chi connectivity index (χ1n) is 8.36. The smallest absolute Gasteiger partial charge is 0.338 e. The maximum absolute atomic E-state index is 12.4. The van der Waals surface area contributed by atoms with Gasteiger partial charge in [-0.3, -0.25) is 4.79 Å². The number of hydrogen-bond donors (Lipinski definition) is 1. The molecule has 0 heterocycles. The molecule has 6 heteroatoms. The average Bonchev–Trinajstić information content (AvgIpc) is 2.50. The molecule has 0 saturated carbocycles. The molecule has 0 radical (unpaired) electrons. The Morgan fingerprint density at radius 3 is 2.04 bits per heavy atom. The molecule has 0 aromatic heterocycles. The molecule has 140 valence electrons. The SMILES string of the molecule is CC(C)OC(C)COC(=O)c1ccc(C(=O)C(C)(C)OC(C)O)cc1. The fourth-order valence-electron chi connectivity index (χ4n) is 2.37. The van der Waals surface area contributed by atoms with E-state index in [0.29, 0.717) is 11.1 Å². The predicted octanol–water partition coefficient (Wildman–Crippen LogP) is 2.97. The van der Waals surface area contributed by atoms with Crippen molar-refractivity contribution in [2.45, 2.75) is 65.6 Å². The molecule has 0 aliphatic heterocycles. The Morgan fingerprint density at radius 1 is 1.04 bits per heavy atom. The predicted molar refractivity (Wildman–Crippen MR) is 93.6 cm³/mol. The molecule has 6 nitrogen and oxygen atoms in total. The van der Waals surface area contributed by atoms with Crippen molar-refractivity contribution in [3.05, 3.63) is 35.4 Å². The van der Waals surface area contributed by atoms with Crippen molar-refractivity contribution in [3.63, 3.8) is 0 Å². The highest BCUT2D eigenvalue weighted by Crippen LogP contribution is 2.19. The van der Waals surface area contributed by atoms with E-state index in [-0.39, 0.29) is 24.6 Å². The van der Waals surface area contributed by atoms with E-state index < -0.39 is 17.9 Å². The van der Waals surface area contributed by atoms with Crippen LogP contribution in [0, 0.1) is 0 Å². The quantitative estimate of drug-likeness (QED) is 0.418. The molecule has 2 atom stereocenters. The number of carbonyl (C=O) groups is 2. The zero-order valence-electron chi connectivity index (χ0n) is 15.7. The number of aliphatic hydroxyl groups excluding tert-OH is 1. The van der Waals surface area contributed by atoms with Crippen molar-refractivity contribution in [2.75, 3.05) is 6.61 Å². The van der Waals surface area contributed by atoms with Gasteiger partial charge in [-0.25, -0.2) is 4.79 Å². The minimum absolute atomic E-state index is 0.0613. The molecule has 25 heavy (non-hydrogen) atoms. The molecular weight excluding hydrogens is 324 g/mol. The van der Waals surface area contributed by atoms with Gasteiger partial charge in [0, 0.05) is 5.56 Å². The number of ketones is 1. The fraction of sp³-hybridized carbons (Fsp3) is 0.579. The maximum Gasteiger partial charge on any atom is 0.338 e. The molecule has 0 aliphatic rings. The molecule has 0 aliphatic carbocycles. The first-order chi connectivity index (χ1) is 11.5. The van der Waals surface area contributed by atoms with Gasteiger partial charge in [0.25, 0.3) is 0 Å². The van der Waals surface area contributed by atoms with Gasteiger partial charge >= 0.3 is 5.97 Å². The Labute approximate surface area is 149 Å². The van der Waals surface area contributed by atoms with Crippen molar-refractivity contribution >= 4 is 11.8 Å². The van der Waals surface area contributed by atoms with E-state index in [2.05, 4.69) is 0 Å². The van der Waals surface area contributed by atoms with E-state index in [9.17, 15) is 14.7 Å². The van der Waals surface area contributed by atoms with Gasteiger partial charge in [-0.15, -0.1) is 0 Å². The van der Waals surface area contributed by atoms with Crippen LogP contribution in [0.25, 0.3) is 0 Å². The molecule has 2 unspecified atom stereocenters. The maximum atomic E-state index is 12.4. The van der Waals surface area contributed by atoms with Crippen molar-refractivity contribution in [2.24, 2.45) is 0 Å². The summed E-state index contributed by atoms with van der Waals surface area (Å²) in [5.41, 5.74) is -0.430. The van der Waals surface area contributed by atoms with Crippen LogP contribution in [0.5, 0.6) is 0 Å².